The van der Waals surface area contributed by atoms with Crippen molar-refractivity contribution in [1.29, 1.82) is 0 Å². The number of benzene rings is 3. The summed E-state index contributed by atoms with van der Waals surface area (Å²) in [7, 11) is -2.64. The van der Waals surface area contributed by atoms with E-state index < -0.39 is 28.5 Å². The summed E-state index contributed by atoms with van der Waals surface area (Å²) < 4.78 is 40.7. The van der Waals surface area contributed by atoms with Gasteiger partial charge in [-0.2, -0.15) is 0 Å². The average Bonchev–Trinajstić information content (AvgIpc) is 3.53. The summed E-state index contributed by atoms with van der Waals surface area (Å²) in [6.07, 6.45) is 4.28. The number of ether oxygens (including phenoxy) is 2. The molecular formula is C34H43N3O6S. The molecule has 1 saturated carbocycles. The Labute approximate surface area is 261 Å². The number of aryl methyl sites for hydroxylation is 1. The number of para-hydroxylation sites is 2. The van der Waals surface area contributed by atoms with Crippen molar-refractivity contribution in [3.63, 3.8) is 0 Å². The van der Waals surface area contributed by atoms with Gasteiger partial charge in [0.15, 0.2) is 0 Å². The van der Waals surface area contributed by atoms with E-state index in [1.54, 1.807) is 49.6 Å². The summed E-state index contributed by atoms with van der Waals surface area (Å²) in [5.41, 5.74) is 1.91. The van der Waals surface area contributed by atoms with Gasteiger partial charge in [-0.1, -0.05) is 61.7 Å². The first kappa shape index (κ1) is 32.9. The second-order valence-electron chi connectivity index (χ2n) is 11.0. The van der Waals surface area contributed by atoms with Crippen LogP contribution in [-0.4, -0.2) is 57.5 Å². The summed E-state index contributed by atoms with van der Waals surface area (Å²) in [4.78, 5) is 29.6. The first-order valence-electron chi connectivity index (χ1n) is 15.2. The van der Waals surface area contributed by atoms with E-state index in [4.69, 9.17) is 9.47 Å². The molecule has 1 atom stereocenters. The molecule has 1 N–H and O–H groups in total. The van der Waals surface area contributed by atoms with Gasteiger partial charge in [0, 0.05) is 12.6 Å². The quantitative estimate of drug-likeness (QED) is 0.256. The molecule has 44 heavy (non-hydrogen) atoms. The lowest BCUT2D eigenvalue weighted by atomic mass is 10.1. The van der Waals surface area contributed by atoms with Crippen molar-refractivity contribution >= 4 is 27.5 Å². The minimum Gasteiger partial charge on any atom is -0.497 e. The fourth-order valence-electron chi connectivity index (χ4n) is 5.55. The Morgan fingerprint density at radius 2 is 1.68 bits per heavy atom. The normalized spacial score (nSPS) is 14.1. The first-order valence-corrected chi connectivity index (χ1v) is 16.7. The van der Waals surface area contributed by atoms with Crippen molar-refractivity contribution in [2.75, 3.05) is 24.6 Å². The van der Waals surface area contributed by atoms with Gasteiger partial charge in [-0.15, -0.1) is 0 Å². The lowest BCUT2D eigenvalue weighted by molar-refractivity contribution is -0.140. The molecule has 0 unspecified atom stereocenters. The van der Waals surface area contributed by atoms with E-state index >= 15 is 0 Å². The van der Waals surface area contributed by atoms with Crippen LogP contribution >= 0.6 is 0 Å². The summed E-state index contributed by atoms with van der Waals surface area (Å²) in [5.74, 6) is 0.206. The SMILES string of the molecule is CCOc1ccccc1N(CC(=O)N(Cc1cccc(OC)c1)[C@H](CC)C(=O)NC1CCCC1)S(=O)(=O)c1ccc(C)cc1. The van der Waals surface area contributed by atoms with Gasteiger partial charge in [0.05, 0.1) is 24.3 Å². The topological polar surface area (TPSA) is 105 Å². The number of nitrogens with one attached hydrogen (secondary N) is 1. The number of nitrogens with zero attached hydrogens (tertiary/aromatic N) is 2. The summed E-state index contributed by atoms with van der Waals surface area (Å²) in [6, 6.07) is 19.8. The predicted molar refractivity (Wildman–Crippen MR) is 171 cm³/mol. The van der Waals surface area contributed by atoms with E-state index in [-0.39, 0.29) is 29.1 Å². The van der Waals surface area contributed by atoms with Gasteiger partial charge in [0.25, 0.3) is 10.0 Å². The number of carbonyl (C=O) groups is 2. The smallest absolute Gasteiger partial charge is 0.264 e. The largest absolute Gasteiger partial charge is 0.497 e. The molecule has 0 saturated heterocycles. The number of amides is 2. The van der Waals surface area contributed by atoms with Crippen molar-refractivity contribution in [3.05, 3.63) is 83.9 Å². The molecule has 3 aromatic rings. The maximum absolute atomic E-state index is 14.4. The number of rotatable bonds is 14. The Kier molecular flexibility index (Phi) is 11.3. The van der Waals surface area contributed by atoms with Crippen LogP contribution in [0.15, 0.2) is 77.7 Å². The third-order valence-corrected chi connectivity index (χ3v) is 9.67. The molecule has 0 radical (unpaired) electrons. The van der Waals surface area contributed by atoms with Crippen LogP contribution < -0.4 is 19.1 Å². The van der Waals surface area contributed by atoms with E-state index in [9.17, 15) is 18.0 Å². The number of hydrogen-bond acceptors (Lipinski definition) is 6. The maximum Gasteiger partial charge on any atom is 0.264 e. The molecule has 2 amide bonds. The van der Waals surface area contributed by atoms with Gasteiger partial charge in [-0.05, 0) is 75.1 Å². The van der Waals surface area contributed by atoms with Crippen molar-refractivity contribution < 1.29 is 27.5 Å². The predicted octanol–water partition coefficient (Wildman–Crippen LogP) is 5.46. The van der Waals surface area contributed by atoms with Crippen molar-refractivity contribution in [1.82, 2.24) is 10.2 Å². The average molecular weight is 622 g/mol. The number of sulfonamides is 1. The third kappa shape index (κ3) is 7.91. The van der Waals surface area contributed by atoms with Crippen molar-refractivity contribution in [2.45, 2.75) is 76.4 Å². The summed E-state index contributed by atoms with van der Waals surface area (Å²) in [6.45, 7) is 5.42. The Hall–Kier alpha value is -4.05. The molecule has 1 fully saturated rings. The molecule has 3 aromatic carbocycles. The highest BCUT2D eigenvalue weighted by Crippen LogP contribution is 2.33. The lowest BCUT2D eigenvalue weighted by Gasteiger charge is -2.34. The van der Waals surface area contributed by atoms with Crippen molar-refractivity contribution in [3.8, 4) is 11.5 Å². The zero-order valence-electron chi connectivity index (χ0n) is 26.0. The molecule has 0 bridgehead atoms. The van der Waals surface area contributed by atoms with Crippen LogP contribution in [0, 0.1) is 6.92 Å². The molecule has 236 valence electrons. The van der Waals surface area contributed by atoms with Gasteiger partial charge in [-0.25, -0.2) is 8.42 Å². The van der Waals surface area contributed by atoms with Crippen LogP contribution in [0.5, 0.6) is 11.5 Å². The highest BCUT2D eigenvalue weighted by atomic mass is 32.2. The Bertz CT molecular complexity index is 1520. The highest BCUT2D eigenvalue weighted by Gasteiger charge is 2.35. The maximum atomic E-state index is 14.4. The molecule has 0 spiro atoms. The number of carbonyl (C=O) groups excluding carboxylic acids is 2. The molecule has 9 nitrogen and oxygen atoms in total. The molecule has 4 rings (SSSR count). The zero-order chi connectivity index (χ0) is 31.7. The van der Waals surface area contributed by atoms with E-state index in [0.29, 0.717) is 24.5 Å². The van der Waals surface area contributed by atoms with Crippen molar-refractivity contribution in [2.24, 2.45) is 0 Å². The van der Waals surface area contributed by atoms with Crippen LogP contribution in [-0.2, 0) is 26.2 Å². The number of methoxy groups -OCH3 is 1. The minimum atomic E-state index is -4.21. The molecular weight excluding hydrogens is 578 g/mol. The molecule has 0 aromatic heterocycles. The van der Waals surface area contributed by atoms with Crippen LogP contribution in [0.2, 0.25) is 0 Å². The fraction of sp³-hybridized carbons (Fsp3) is 0.412. The van der Waals surface area contributed by atoms with Crippen LogP contribution in [0.25, 0.3) is 0 Å². The van der Waals surface area contributed by atoms with Gasteiger partial charge < -0.3 is 19.7 Å². The van der Waals surface area contributed by atoms with E-state index in [0.717, 1.165) is 41.1 Å². The van der Waals surface area contributed by atoms with Gasteiger partial charge in [0.1, 0.15) is 24.1 Å². The summed E-state index contributed by atoms with van der Waals surface area (Å²) in [5, 5.41) is 3.14. The van der Waals surface area contributed by atoms with E-state index in [1.807, 2.05) is 39.0 Å². The molecule has 0 aliphatic heterocycles. The van der Waals surface area contributed by atoms with Gasteiger partial charge in [0.2, 0.25) is 11.8 Å². The Morgan fingerprint density at radius 3 is 2.34 bits per heavy atom. The first-order chi connectivity index (χ1) is 21.2. The minimum absolute atomic E-state index is 0.0487. The molecule has 10 heteroatoms. The van der Waals surface area contributed by atoms with Crippen LogP contribution in [0.1, 0.15) is 57.1 Å². The van der Waals surface area contributed by atoms with Crippen LogP contribution in [0.3, 0.4) is 0 Å². The lowest BCUT2D eigenvalue weighted by Crippen LogP contribution is -2.53. The third-order valence-electron chi connectivity index (χ3n) is 7.90. The standard InChI is InChI=1S/C34H43N3O6S/c1-5-30(34(39)35-27-13-7-8-14-27)36(23-26-12-11-15-28(22-26)42-4)33(38)24-37(31-16-9-10-17-32(31)43-6-2)44(40,41)29-20-18-25(3)19-21-29/h9-12,15-22,27,30H,5-8,13-14,23-24H2,1-4H3,(H,35,39)/t30-/m1/s1. The second kappa shape index (κ2) is 15.1. The Balaban J connectivity index is 1.76. The summed E-state index contributed by atoms with van der Waals surface area (Å²) >= 11 is 0. The van der Waals surface area contributed by atoms with Crippen LogP contribution in [0.4, 0.5) is 5.69 Å². The molecule has 0 heterocycles. The highest BCUT2D eigenvalue weighted by molar-refractivity contribution is 7.92. The Morgan fingerprint density at radius 1 is 0.977 bits per heavy atom. The second-order valence-corrected chi connectivity index (χ2v) is 12.9. The molecule has 1 aliphatic rings. The van der Waals surface area contributed by atoms with E-state index in [2.05, 4.69) is 5.32 Å². The number of hydrogen-bond donors (Lipinski definition) is 1. The van der Waals surface area contributed by atoms with Gasteiger partial charge in [-0.3, -0.25) is 13.9 Å². The monoisotopic (exact) mass is 621 g/mol. The molecule has 1 aliphatic carbocycles. The van der Waals surface area contributed by atoms with Gasteiger partial charge >= 0.3 is 0 Å². The zero-order valence-corrected chi connectivity index (χ0v) is 26.8. The van der Waals surface area contributed by atoms with E-state index in [1.165, 1.54) is 17.0 Å². The fourth-order valence-corrected chi connectivity index (χ4v) is 6.97. The number of anilines is 1.